The number of likely N-dealkylation sites (tertiary alicyclic amines) is 1. The first-order valence-corrected chi connectivity index (χ1v) is 11.6. The molecule has 0 aliphatic carbocycles. The van der Waals surface area contributed by atoms with E-state index in [9.17, 15) is 18.0 Å². The Morgan fingerprint density at radius 3 is 2.54 bits per heavy atom. The third kappa shape index (κ3) is 5.40. The zero-order valence-corrected chi connectivity index (χ0v) is 19.1. The molecule has 11 heteroatoms. The number of piperidine rings is 1. The van der Waals surface area contributed by atoms with Crippen LogP contribution in [0.5, 0.6) is 11.5 Å². The van der Waals surface area contributed by atoms with Gasteiger partial charge in [0, 0.05) is 44.0 Å². The number of pyridine rings is 3. The molecule has 2 aliphatic rings. The number of hydrogen-bond acceptors (Lipinski definition) is 7. The maximum absolute atomic E-state index is 13.1. The summed E-state index contributed by atoms with van der Waals surface area (Å²) in [6, 6.07) is 6.05. The van der Waals surface area contributed by atoms with Gasteiger partial charge in [0.25, 0.3) is 5.56 Å². The molecule has 0 bridgehead atoms. The van der Waals surface area contributed by atoms with Gasteiger partial charge in [0.2, 0.25) is 0 Å². The lowest BCUT2D eigenvalue weighted by atomic mass is 10.0. The van der Waals surface area contributed by atoms with Crippen LogP contribution in [0.1, 0.15) is 24.1 Å². The average molecular weight is 489 g/mol. The van der Waals surface area contributed by atoms with Crippen LogP contribution in [0.15, 0.2) is 41.5 Å². The van der Waals surface area contributed by atoms with Crippen LogP contribution in [0.3, 0.4) is 0 Å². The Kier molecular flexibility index (Phi) is 6.61. The highest BCUT2D eigenvalue weighted by Gasteiger charge is 2.31. The highest BCUT2D eigenvalue weighted by molar-refractivity contribution is 5.75. The largest absolute Gasteiger partial charge is 0.486 e. The Hall–Kier alpha value is -3.18. The summed E-state index contributed by atoms with van der Waals surface area (Å²) in [6.07, 6.45) is -0.169. The molecule has 35 heavy (non-hydrogen) atoms. The van der Waals surface area contributed by atoms with Crippen molar-refractivity contribution < 1.29 is 22.6 Å². The number of fused-ring (bicyclic) bond motifs is 2. The summed E-state index contributed by atoms with van der Waals surface area (Å²) in [5, 5.41) is 3.54. The van der Waals surface area contributed by atoms with Crippen LogP contribution in [0.4, 0.5) is 13.2 Å². The van der Waals surface area contributed by atoms with Crippen LogP contribution in [0.25, 0.3) is 11.0 Å². The second kappa shape index (κ2) is 9.82. The number of aromatic nitrogens is 3. The van der Waals surface area contributed by atoms with Gasteiger partial charge in [0.15, 0.2) is 11.5 Å². The monoisotopic (exact) mass is 489 g/mol. The lowest BCUT2D eigenvalue weighted by molar-refractivity contribution is -0.137. The van der Waals surface area contributed by atoms with Crippen LogP contribution in [-0.4, -0.2) is 58.3 Å². The van der Waals surface area contributed by atoms with Gasteiger partial charge in [-0.2, -0.15) is 13.2 Å². The molecule has 0 atom stereocenters. The summed E-state index contributed by atoms with van der Waals surface area (Å²) in [4.78, 5) is 23.0. The number of hydrogen-bond donors (Lipinski definition) is 1. The summed E-state index contributed by atoms with van der Waals surface area (Å²) in [5.74, 6) is 1.39. The van der Waals surface area contributed by atoms with Crippen molar-refractivity contribution in [2.45, 2.75) is 38.1 Å². The van der Waals surface area contributed by atoms with Gasteiger partial charge >= 0.3 is 6.18 Å². The molecular weight excluding hydrogens is 463 g/mol. The molecule has 5 heterocycles. The van der Waals surface area contributed by atoms with E-state index < -0.39 is 11.7 Å². The molecule has 2 aliphatic heterocycles. The fraction of sp³-hybridized carbons (Fsp3) is 0.458. The zero-order valence-electron chi connectivity index (χ0n) is 19.1. The smallest absolute Gasteiger partial charge is 0.417 e. The Morgan fingerprint density at radius 2 is 1.77 bits per heavy atom. The van der Waals surface area contributed by atoms with Crippen molar-refractivity contribution in [1.82, 2.24) is 24.8 Å². The third-order valence-electron chi connectivity index (χ3n) is 6.45. The molecule has 0 unspecified atom stereocenters. The number of alkyl halides is 3. The van der Waals surface area contributed by atoms with Crippen molar-refractivity contribution in [3.8, 4) is 11.5 Å². The Bertz CT molecular complexity index is 1260. The first kappa shape index (κ1) is 23.6. The molecule has 1 N–H and O–H groups in total. The van der Waals surface area contributed by atoms with Crippen molar-refractivity contribution >= 4 is 11.0 Å². The van der Waals surface area contributed by atoms with Crippen LogP contribution in [-0.2, 0) is 19.3 Å². The van der Waals surface area contributed by atoms with Crippen molar-refractivity contribution in [3.05, 3.63) is 58.3 Å². The Balaban J connectivity index is 1.16. The standard InChI is InChI=1S/C24H26F3N5O3/c25-24(26,27)16-11-20-19(30-13-16)1-2-23(33)32(20)8-7-31-5-3-17(4-6-31)28-14-18-12-21-22(15-29-18)35-10-9-34-21/h1-2,11-13,15,17,28H,3-10,14H2. The van der Waals surface area contributed by atoms with E-state index in [1.165, 1.54) is 16.7 Å². The molecule has 1 saturated heterocycles. The van der Waals surface area contributed by atoms with Crippen LogP contribution in [0.2, 0.25) is 0 Å². The summed E-state index contributed by atoms with van der Waals surface area (Å²) >= 11 is 0. The highest BCUT2D eigenvalue weighted by Crippen LogP contribution is 2.30. The van der Waals surface area contributed by atoms with Gasteiger partial charge in [-0.05, 0) is 38.1 Å². The van der Waals surface area contributed by atoms with E-state index in [4.69, 9.17) is 9.47 Å². The molecule has 5 rings (SSSR count). The van der Waals surface area contributed by atoms with Gasteiger partial charge in [-0.1, -0.05) is 0 Å². The molecule has 0 radical (unpaired) electrons. The fourth-order valence-electron chi connectivity index (χ4n) is 4.49. The molecule has 0 aromatic carbocycles. The van der Waals surface area contributed by atoms with Gasteiger partial charge in [-0.25, -0.2) is 0 Å². The van der Waals surface area contributed by atoms with Crippen molar-refractivity contribution in [2.75, 3.05) is 32.8 Å². The van der Waals surface area contributed by atoms with E-state index in [2.05, 4.69) is 20.2 Å². The minimum atomic E-state index is -4.51. The molecular formula is C24H26F3N5O3. The number of nitrogens with one attached hydrogen (secondary N) is 1. The summed E-state index contributed by atoms with van der Waals surface area (Å²) in [5.41, 5.74) is 0.272. The average Bonchev–Trinajstić information content (AvgIpc) is 2.86. The van der Waals surface area contributed by atoms with Crippen molar-refractivity contribution in [2.24, 2.45) is 0 Å². The number of ether oxygens (including phenoxy) is 2. The van der Waals surface area contributed by atoms with Crippen molar-refractivity contribution in [3.63, 3.8) is 0 Å². The van der Waals surface area contributed by atoms with E-state index >= 15 is 0 Å². The summed E-state index contributed by atoms with van der Waals surface area (Å²) < 4.78 is 51.9. The van der Waals surface area contributed by atoms with Gasteiger partial charge in [-0.15, -0.1) is 0 Å². The second-order valence-electron chi connectivity index (χ2n) is 8.77. The predicted molar refractivity (Wildman–Crippen MR) is 123 cm³/mol. The first-order chi connectivity index (χ1) is 16.9. The second-order valence-corrected chi connectivity index (χ2v) is 8.77. The molecule has 3 aromatic heterocycles. The number of rotatable bonds is 6. The van der Waals surface area contributed by atoms with Gasteiger partial charge in [-0.3, -0.25) is 14.8 Å². The minimum Gasteiger partial charge on any atom is -0.486 e. The normalized spacial score (nSPS) is 17.1. The predicted octanol–water partition coefficient (Wildman–Crippen LogP) is 2.84. The van der Waals surface area contributed by atoms with E-state index in [1.54, 1.807) is 6.20 Å². The SMILES string of the molecule is O=c1ccc2ncc(C(F)(F)F)cc2n1CCN1CCC(NCc2cc3c(cn2)OCCO3)CC1. The van der Waals surface area contributed by atoms with E-state index in [-0.39, 0.29) is 11.1 Å². The Morgan fingerprint density at radius 1 is 1.00 bits per heavy atom. The van der Waals surface area contributed by atoms with Crippen molar-refractivity contribution in [1.29, 1.82) is 0 Å². The molecule has 8 nitrogen and oxygen atoms in total. The lowest BCUT2D eigenvalue weighted by Gasteiger charge is -2.32. The fourth-order valence-corrected chi connectivity index (χ4v) is 4.49. The molecule has 0 spiro atoms. The third-order valence-corrected chi connectivity index (χ3v) is 6.45. The van der Waals surface area contributed by atoms with Gasteiger partial charge < -0.3 is 24.3 Å². The van der Waals surface area contributed by atoms with Crippen LogP contribution >= 0.6 is 0 Å². The quantitative estimate of drug-likeness (QED) is 0.570. The number of halogens is 3. The van der Waals surface area contributed by atoms with E-state index in [1.807, 2.05) is 6.07 Å². The van der Waals surface area contributed by atoms with Crippen LogP contribution < -0.4 is 20.3 Å². The molecule has 3 aromatic rings. The number of nitrogens with zero attached hydrogens (tertiary/aromatic N) is 4. The molecule has 186 valence electrons. The molecule has 1 fully saturated rings. The minimum absolute atomic E-state index is 0.204. The summed E-state index contributed by atoms with van der Waals surface area (Å²) in [6.45, 7) is 4.24. The zero-order chi connectivity index (χ0) is 24.4. The topological polar surface area (TPSA) is 81.5 Å². The molecule has 0 saturated carbocycles. The lowest BCUT2D eigenvalue weighted by Crippen LogP contribution is -2.43. The first-order valence-electron chi connectivity index (χ1n) is 11.6. The van der Waals surface area contributed by atoms with E-state index in [0.717, 1.165) is 49.6 Å². The summed E-state index contributed by atoms with van der Waals surface area (Å²) in [7, 11) is 0. The maximum atomic E-state index is 13.1. The van der Waals surface area contributed by atoms with E-state index in [0.29, 0.717) is 50.2 Å². The molecule has 0 amide bonds. The Labute approximate surface area is 199 Å². The highest BCUT2D eigenvalue weighted by atomic mass is 19.4. The maximum Gasteiger partial charge on any atom is 0.417 e. The van der Waals surface area contributed by atoms with Gasteiger partial charge in [0.1, 0.15) is 13.2 Å². The van der Waals surface area contributed by atoms with Gasteiger partial charge in [0.05, 0.1) is 28.5 Å². The van der Waals surface area contributed by atoms with Crippen LogP contribution in [0, 0.1) is 0 Å².